The molecule has 0 aliphatic heterocycles. The van der Waals surface area contributed by atoms with Gasteiger partial charge in [-0.05, 0) is 53.4 Å². The summed E-state index contributed by atoms with van der Waals surface area (Å²) in [6.45, 7) is 2.48. The molecule has 0 fully saturated rings. The van der Waals surface area contributed by atoms with E-state index in [1.807, 2.05) is 25.1 Å². The predicted molar refractivity (Wildman–Crippen MR) is 71.6 cm³/mol. The highest BCUT2D eigenvalue weighted by Crippen LogP contribution is 2.25. The fraction of sp³-hybridized carbons (Fsp3) is 0.455. The molecule has 2 N–H and O–H groups in total. The quantitative estimate of drug-likeness (QED) is 0.816. The van der Waals surface area contributed by atoms with Crippen molar-refractivity contribution in [2.24, 2.45) is 5.14 Å². The van der Waals surface area contributed by atoms with Crippen LogP contribution in [0.3, 0.4) is 0 Å². The minimum Gasteiger partial charge on any atom is -0.492 e. The zero-order valence-corrected chi connectivity index (χ0v) is 12.1. The number of nitrogens with two attached hydrogens (primary N) is 1. The molecule has 0 unspecified atom stereocenters. The second kappa shape index (κ2) is 6.37. The van der Waals surface area contributed by atoms with Crippen LogP contribution in [0.25, 0.3) is 0 Å². The summed E-state index contributed by atoms with van der Waals surface area (Å²) in [5, 5.41) is 4.89. The highest BCUT2D eigenvalue weighted by Gasteiger charge is 2.03. The Morgan fingerprint density at radius 2 is 2.06 bits per heavy atom. The van der Waals surface area contributed by atoms with E-state index in [-0.39, 0.29) is 5.75 Å². The van der Waals surface area contributed by atoms with E-state index in [1.54, 1.807) is 0 Å². The van der Waals surface area contributed by atoms with Crippen LogP contribution in [0.2, 0.25) is 0 Å². The van der Waals surface area contributed by atoms with Gasteiger partial charge in [-0.2, -0.15) is 0 Å². The molecule has 6 heteroatoms. The summed E-state index contributed by atoms with van der Waals surface area (Å²) in [7, 11) is -3.35. The molecule has 0 heterocycles. The van der Waals surface area contributed by atoms with E-state index in [0.29, 0.717) is 19.4 Å². The molecule has 0 aromatic heterocycles. The summed E-state index contributed by atoms with van der Waals surface area (Å²) < 4.78 is 27.8. The van der Waals surface area contributed by atoms with Crippen LogP contribution < -0.4 is 9.88 Å². The number of hydrogen-bond donors (Lipinski definition) is 1. The van der Waals surface area contributed by atoms with Gasteiger partial charge in [0.25, 0.3) is 0 Å². The predicted octanol–water partition coefficient (Wildman–Crippen LogP) is 2.21. The normalized spacial score (nSPS) is 11.5. The van der Waals surface area contributed by atoms with Crippen LogP contribution in [0.5, 0.6) is 5.75 Å². The van der Waals surface area contributed by atoms with E-state index in [0.717, 1.165) is 15.8 Å². The Bertz CT molecular complexity index is 474. The molecule has 0 saturated heterocycles. The second-order valence-corrected chi connectivity index (χ2v) is 6.44. The van der Waals surface area contributed by atoms with Crippen LogP contribution in [0.1, 0.15) is 18.4 Å². The molecular formula is C11H16BrNO3S. The van der Waals surface area contributed by atoms with Crippen LogP contribution in [-0.4, -0.2) is 20.8 Å². The van der Waals surface area contributed by atoms with Gasteiger partial charge in [0, 0.05) is 0 Å². The Morgan fingerprint density at radius 1 is 1.35 bits per heavy atom. The molecule has 0 spiro atoms. The van der Waals surface area contributed by atoms with E-state index >= 15 is 0 Å². The molecule has 1 aromatic carbocycles. The molecule has 0 saturated carbocycles. The van der Waals surface area contributed by atoms with E-state index in [2.05, 4.69) is 15.9 Å². The van der Waals surface area contributed by atoms with Gasteiger partial charge in [-0.25, -0.2) is 13.6 Å². The Balaban J connectivity index is 2.32. The van der Waals surface area contributed by atoms with Crippen LogP contribution in [0, 0.1) is 6.92 Å². The van der Waals surface area contributed by atoms with E-state index in [4.69, 9.17) is 9.88 Å². The summed E-state index contributed by atoms with van der Waals surface area (Å²) in [6.07, 6.45) is 1.18. The Morgan fingerprint density at radius 3 is 2.65 bits per heavy atom. The molecule has 1 rings (SSSR count). The van der Waals surface area contributed by atoms with Crippen molar-refractivity contribution < 1.29 is 13.2 Å². The smallest absolute Gasteiger partial charge is 0.209 e. The Labute approximate surface area is 110 Å². The fourth-order valence-corrected chi connectivity index (χ4v) is 2.52. The first-order valence-electron chi connectivity index (χ1n) is 5.28. The number of sulfonamides is 1. The zero-order valence-electron chi connectivity index (χ0n) is 9.65. The van der Waals surface area contributed by atoms with E-state index in [9.17, 15) is 8.42 Å². The molecule has 96 valence electrons. The summed E-state index contributed by atoms with van der Waals surface area (Å²) in [4.78, 5) is 0. The third-order valence-corrected chi connectivity index (χ3v) is 3.65. The summed E-state index contributed by atoms with van der Waals surface area (Å²) in [5.74, 6) is 0.775. The van der Waals surface area contributed by atoms with Crippen molar-refractivity contribution in [1.82, 2.24) is 0 Å². The highest BCUT2D eigenvalue weighted by molar-refractivity contribution is 9.10. The number of primary sulfonamides is 1. The molecule has 17 heavy (non-hydrogen) atoms. The van der Waals surface area contributed by atoms with Gasteiger partial charge >= 0.3 is 0 Å². The topological polar surface area (TPSA) is 69.4 Å². The maximum atomic E-state index is 10.7. The van der Waals surface area contributed by atoms with Gasteiger partial charge in [0.1, 0.15) is 5.75 Å². The molecule has 0 aliphatic carbocycles. The fourth-order valence-electron chi connectivity index (χ4n) is 1.31. The molecule has 0 bridgehead atoms. The Hall–Kier alpha value is -0.590. The Kier molecular flexibility index (Phi) is 5.42. The van der Waals surface area contributed by atoms with Gasteiger partial charge in [-0.3, -0.25) is 0 Å². The highest BCUT2D eigenvalue weighted by atomic mass is 79.9. The largest absolute Gasteiger partial charge is 0.492 e. The number of ether oxygens (including phenoxy) is 1. The van der Waals surface area contributed by atoms with Crippen molar-refractivity contribution in [2.75, 3.05) is 12.4 Å². The van der Waals surface area contributed by atoms with E-state index in [1.165, 1.54) is 0 Å². The summed E-state index contributed by atoms with van der Waals surface area (Å²) in [5.41, 5.74) is 1.15. The molecule has 1 aromatic rings. The number of halogens is 1. The SMILES string of the molecule is Cc1ccc(OCCCCS(N)(=O)=O)c(Br)c1. The molecule has 0 atom stereocenters. The number of aryl methyl sites for hydroxylation is 1. The van der Waals surface area contributed by atoms with Crippen molar-refractivity contribution in [3.05, 3.63) is 28.2 Å². The third-order valence-electron chi connectivity index (χ3n) is 2.17. The summed E-state index contributed by atoms with van der Waals surface area (Å²) in [6, 6.07) is 5.82. The monoisotopic (exact) mass is 321 g/mol. The number of unbranched alkanes of at least 4 members (excludes halogenated alkanes) is 1. The van der Waals surface area contributed by atoms with Crippen molar-refractivity contribution in [2.45, 2.75) is 19.8 Å². The molecule has 0 aliphatic rings. The first kappa shape index (κ1) is 14.5. The molecular weight excluding hydrogens is 306 g/mol. The van der Waals surface area contributed by atoms with Gasteiger partial charge in [0.15, 0.2) is 0 Å². The van der Waals surface area contributed by atoms with Gasteiger partial charge < -0.3 is 4.74 Å². The van der Waals surface area contributed by atoms with Crippen LogP contribution >= 0.6 is 15.9 Å². The van der Waals surface area contributed by atoms with Crippen LogP contribution in [0.15, 0.2) is 22.7 Å². The van der Waals surface area contributed by atoms with Crippen LogP contribution in [0.4, 0.5) is 0 Å². The van der Waals surface area contributed by atoms with Crippen molar-refractivity contribution in [3.8, 4) is 5.75 Å². The average Bonchev–Trinajstić information content (AvgIpc) is 2.18. The van der Waals surface area contributed by atoms with Gasteiger partial charge in [-0.15, -0.1) is 0 Å². The lowest BCUT2D eigenvalue weighted by atomic mass is 10.2. The average molecular weight is 322 g/mol. The minimum absolute atomic E-state index is 0.00538. The lowest BCUT2D eigenvalue weighted by Gasteiger charge is -2.08. The van der Waals surface area contributed by atoms with Gasteiger partial charge in [0.2, 0.25) is 10.0 Å². The number of hydrogen-bond acceptors (Lipinski definition) is 3. The maximum absolute atomic E-state index is 10.7. The maximum Gasteiger partial charge on any atom is 0.209 e. The molecule has 4 nitrogen and oxygen atoms in total. The lowest BCUT2D eigenvalue weighted by molar-refractivity contribution is 0.307. The van der Waals surface area contributed by atoms with Gasteiger partial charge in [0.05, 0.1) is 16.8 Å². The van der Waals surface area contributed by atoms with Crippen LogP contribution in [-0.2, 0) is 10.0 Å². The van der Waals surface area contributed by atoms with Crippen molar-refractivity contribution >= 4 is 26.0 Å². The van der Waals surface area contributed by atoms with E-state index < -0.39 is 10.0 Å². The van der Waals surface area contributed by atoms with Gasteiger partial charge in [-0.1, -0.05) is 6.07 Å². The van der Waals surface area contributed by atoms with Crippen molar-refractivity contribution in [1.29, 1.82) is 0 Å². The number of rotatable bonds is 6. The third kappa shape index (κ3) is 6.05. The summed E-state index contributed by atoms with van der Waals surface area (Å²) >= 11 is 3.41. The lowest BCUT2D eigenvalue weighted by Crippen LogP contribution is -2.16. The first-order valence-corrected chi connectivity index (χ1v) is 7.79. The second-order valence-electron chi connectivity index (χ2n) is 3.86. The molecule has 0 radical (unpaired) electrons. The zero-order chi connectivity index (χ0) is 12.9. The first-order chi connectivity index (χ1) is 7.88. The minimum atomic E-state index is -3.35. The van der Waals surface area contributed by atoms with Crippen molar-refractivity contribution in [3.63, 3.8) is 0 Å². The molecule has 0 amide bonds. The standard InChI is InChI=1S/C11H16BrNO3S/c1-9-4-5-11(10(12)8-9)16-6-2-3-7-17(13,14)15/h4-5,8H,2-3,6-7H2,1H3,(H2,13,14,15). The number of benzene rings is 1.